The van der Waals surface area contributed by atoms with E-state index in [0.717, 1.165) is 0 Å². The molecule has 0 heterocycles. The lowest BCUT2D eigenvalue weighted by atomic mass is 9.93. The van der Waals surface area contributed by atoms with Crippen LogP contribution in [0.15, 0.2) is 30.3 Å². The zero-order valence-corrected chi connectivity index (χ0v) is 13.6. The van der Waals surface area contributed by atoms with Gasteiger partial charge in [0, 0.05) is 24.5 Å². The standard InChI is InChI=1S/C17H13F6NO2/c1-3-24(2)13-10-7-5-4-6-9(10)11(14(25)16(18,19)20)8-12(13)15(26)17(21,22)23/h4-8H,3H2,1-2H3. The summed E-state index contributed by atoms with van der Waals surface area (Å²) in [4.78, 5) is 24.9. The van der Waals surface area contributed by atoms with Crippen molar-refractivity contribution in [2.75, 3.05) is 18.5 Å². The highest BCUT2D eigenvalue weighted by Crippen LogP contribution is 2.38. The molecule has 0 aliphatic rings. The fourth-order valence-corrected chi connectivity index (χ4v) is 2.60. The molecule has 26 heavy (non-hydrogen) atoms. The van der Waals surface area contributed by atoms with Crippen LogP contribution < -0.4 is 4.90 Å². The van der Waals surface area contributed by atoms with E-state index < -0.39 is 35.0 Å². The zero-order chi connectivity index (χ0) is 19.9. The summed E-state index contributed by atoms with van der Waals surface area (Å²) < 4.78 is 77.6. The summed E-state index contributed by atoms with van der Waals surface area (Å²) in [6.45, 7) is 1.79. The van der Waals surface area contributed by atoms with Crippen LogP contribution in [-0.2, 0) is 0 Å². The Kier molecular flexibility index (Phi) is 5.03. The molecular formula is C17H13F6NO2. The van der Waals surface area contributed by atoms with Crippen molar-refractivity contribution in [2.45, 2.75) is 19.3 Å². The van der Waals surface area contributed by atoms with Gasteiger partial charge in [-0.05, 0) is 18.4 Å². The number of carbonyl (C=O) groups is 2. The molecule has 3 nitrogen and oxygen atoms in total. The van der Waals surface area contributed by atoms with E-state index in [-0.39, 0.29) is 23.0 Å². The number of rotatable bonds is 4. The molecule has 0 atom stereocenters. The molecule has 2 rings (SSSR count). The number of alkyl halides is 6. The van der Waals surface area contributed by atoms with Crippen molar-refractivity contribution in [3.8, 4) is 0 Å². The lowest BCUT2D eigenvalue weighted by molar-refractivity contribution is -0.0886. The molecule has 9 heteroatoms. The third kappa shape index (κ3) is 3.51. The molecule has 0 aliphatic carbocycles. The highest BCUT2D eigenvalue weighted by molar-refractivity contribution is 6.19. The van der Waals surface area contributed by atoms with Gasteiger partial charge >= 0.3 is 12.4 Å². The first-order valence-electron chi connectivity index (χ1n) is 7.39. The molecule has 2 aromatic rings. The quantitative estimate of drug-likeness (QED) is 0.568. The molecule has 0 saturated heterocycles. The summed E-state index contributed by atoms with van der Waals surface area (Å²) in [5, 5.41) is -0.219. The largest absolute Gasteiger partial charge is 0.454 e. The molecule has 140 valence electrons. The molecule has 0 N–H and O–H groups in total. The van der Waals surface area contributed by atoms with Crippen LogP contribution in [0, 0.1) is 0 Å². The lowest BCUT2D eigenvalue weighted by Crippen LogP contribution is -2.29. The third-order valence-electron chi connectivity index (χ3n) is 3.88. The van der Waals surface area contributed by atoms with Gasteiger partial charge in [0.05, 0.1) is 11.3 Å². The molecule has 0 aliphatic heterocycles. The Morgan fingerprint density at radius 2 is 1.35 bits per heavy atom. The molecule has 0 radical (unpaired) electrons. The van der Waals surface area contributed by atoms with E-state index in [1.165, 1.54) is 36.2 Å². The van der Waals surface area contributed by atoms with Crippen molar-refractivity contribution in [3.05, 3.63) is 41.5 Å². The topological polar surface area (TPSA) is 37.4 Å². The number of halogens is 6. The maximum Gasteiger partial charge on any atom is 0.454 e. The average Bonchev–Trinajstić information content (AvgIpc) is 2.56. The molecule has 0 aromatic heterocycles. The number of anilines is 1. The fraction of sp³-hybridized carbons (Fsp3) is 0.294. The van der Waals surface area contributed by atoms with Gasteiger partial charge in [-0.3, -0.25) is 9.59 Å². The molecule has 0 amide bonds. The summed E-state index contributed by atoms with van der Waals surface area (Å²) in [6, 6.07) is 5.62. The molecule has 0 unspecified atom stereocenters. The molecule has 0 saturated carbocycles. The van der Waals surface area contributed by atoms with E-state index in [1.54, 1.807) is 6.92 Å². The first-order valence-corrected chi connectivity index (χ1v) is 7.39. The Labute approximate surface area is 144 Å². The highest BCUT2D eigenvalue weighted by atomic mass is 19.4. The van der Waals surface area contributed by atoms with Gasteiger partial charge < -0.3 is 4.90 Å². The maximum atomic E-state index is 13.0. The van der Waals surface area contributed by atoms with E-state index in [1.807, 2.05) is 0 Å². The van der Waals surface area contributed by atoms with Crippen LogP contribution >= 0.6 is 0 Å². The fourth-order valence-electron chi connectivity index (χ4n) is 2.60. The predicted octanol–water partition coefficient (Wildman–Crippen LogP) is 4.79. The first-order chi connectivity index (χ1) is 11.9. The highest BCUT2D eigenvalue weighted by Gasteiger charge is 2.44. The second kappa shape index (κ2) is 6.62. The van der Waals surface area contributed by atoms with Gasteiger partial charge in [-0.25, -0.2) is 0 Å². The number of hydrogen-bond donors (Lipinski definition) is 0. The SMILES string of the molecule is CCN(C)c1c(C(=O)C(F)(F)F)cc(C(=O)C(F)(F)F)c2ccccc12. The van der Waals surface area contributed by atoms with Crippen LogP contribution in [0.2, 0.25) is 0 Å². The Hall–Kier alpha value is -2.58. The number of benzene rings is 2. The van der Waals surface area contributed by atoms with Gasteiger partial charge in [0.2, 0.25) is 0 Å². The number of ketones is 2. The van der Waals surface area contributed by atoms with Crippen LogP contribution in [0.25, 0.3) is 10.8 Å². The number of hydrogen-bond acceptors (Lipinski definition) is 3. The van der Waals surface area contributed by atoms with Crippen LogP contribution in [0.5, 0.6) is 0 Å². The minimum Gasteiger partial charge on any atom is -0.374 e. The number of fused-ring (bicyclic) bond motifs is 1. The van der Waals surface area contributed by atoms with Crippen LogP contribution in [0.1, 0.15) is 27.6 Å². The van der Waals surface area contributed by atoms with E-state index in [4.69, 9.17) is 0 Å². The van der Waals surface area contributed by atoms with Crippen LogP contribution in [0.4, 0.5) is 32.0 Å². The molecule has 0 bridgehead atoms. The zero-order valence-electron chi connectivity index (χ0n) is 13.6. The number of carbonyl (C=O) groups excluding carboxylic acids is 2. The van der Waals surface area contributed by atoms with Crippen LogP contribution in [-0.4, -0.2) is 37.5 Å². The van der Waals surface area contributed by atoms with Crippen molar-refractivity contribution in [1.82, 2.24) is 0 Å². The van der Waals surface area contributed by atoms with Gasteiger partial charge in [-0.15, -0.1) is 0 Å². The Morgan fingerprint density at radius 3 is 1.81 bits per heavy atom. The summed E-state index contributed by atoms with van der Waals surface area (Å²) in [5.74, 6) is -4.62. The van der Waals surface area contributed by atoms with Gasteiger partial charge in [0.15, 0.2) is 0 Å². The summed E-state index contributed by atoms with van der Waals surface area (Å²) in [5.41, 5.74) is -2.16. The molecule has 2 aromatic carbocycles. The van der Waals surface area contributed by atoms with Gasteiger partial charge in [-0.2, -0.15) is 26.3 Å². The predicted molar refractivity (Wildman–Crippen MR) is 83.7 cm³/mol. The van der Waals surface area contributed by atoms with Gasteiger partial charge in [-0.1, -0.05) is 24.3 Å². The minimum absolute atomic E-state index is 0.0421. The second-order valence-electron chi connectivity index (χ2n) is 5.53. The van der Waals surface area contributed by atoms with Gasteiger partial charge in [0.25, 0.3) is 11.6 Å². The Balaban J connectivity index is 2.96. The normalized spacial score (nSPS) is 12.3. The minimum atomic E-state index is -5.30. The van der Waals surface area contributed by atoms with Crippen molar-refractivity contribution in [3.63, 3.8) is 0 Å². The van der Waals surface area contributed by atoms with E-state index >= 15 is 0 Å². The smallest absolute Gasteiger partial charge is 0.374 e. The summed E-state index contributed by atoms with van der Waals surface area (Å²) in [7, 11) is 1.40. The second-order valence-corrected chi connectivity index (χ2v) is 5.53. The van der Waals surface area contributed by atoms with E-state index in [9.17, 15) is 35.9 Å². The summed E-state index contributed by atoms with van der Waals surface area (Å²) in [6.07, 6.45) is -10.6. The Bertz CT molecular complexity index is 870. The molecular weight excluding hydrogens is 364 g/mol. The lowest BCUT2D eigenvalue weighted by Gasteiger charge is -2.24. The van der Waals surface area contributed by atoms with E-state index in [2.05, 4.69) is 0 Å². The number of nitrogens with zero attached hydrogens (tertiary/aromatic N) is 1. The van der Waals surface area contributed by atoms with E-state index in [0.29, 0.717) is 6.07 Å². The average molecular weight is 377 g/mol. The molecule has 0 spiro atoms. The monoisotopic (exact) mass is 377 g/mol. The maximum absolute atomic E-state index is 13.0. The van der Waals surface area contributed by atoms with Gasteiger partial charge in [0.1, 0.15) is 0 Å². The van der Waals surface area contributed by atoms with Crippen molar-refractivity contribution < 1.29 is 35.9 Å². The summed E-state index contributed by atoms with van der Waals surface area (Å²) >= 11 is 0. The molecule has 0 fully saturated rings. The van der Waals surface area contributed by atoms with Crippen molar-refractivity contribution in [1.29, 1.82) is 0 Å². The third-order valence-corrected chi connectivity index (χ3v) is 3.88. The van der Waals surface area contributed by atoms with Crippen molar-refractivity contribution in [2.24, 2.45) is 0 Å². The Morgan fingerprint density at radius 1 is 0.885 bits per heavy atom. The number of Topliss-reactive ketones (excluding diaryl/α,β-unsaturated/α-hetero) is 2. The van der Waals surface area contributed by atoms with Crippen LogP contribution in [0.3, 0.4) is 0 Å². The van der Waals surface area contributed by atoms with Crippen molar-refractivity contribution >= 4 is 28.0 Å². The first kappa shape index (κ1) is 19.7.